The summed E-state index contributed by atoms with van der Waals surface area (Å²) in [5.41, 5.74) is 4.38. The van der Waals surface area contributed by atoms with Gasteiger partial charge in [-0.25, -0.2) is 8.78 Å². The molecule has 0 radical (unpaired) electrons. The Bertz CT molecular complexity index is 442. The highest BCUT2D eigenvalue weighted by atomic mass is 79.9. The molecule has 0 aliphatic rings. The van der Waals surface area contributed by atoms with Crippen LogP contribution in [0.3, 0.4) is 0 Å². The minimum Gasteiger partial charge on any atom is -0.390 e. The maximum absolute atomic E-state index is 13.4. The average Bonchev–Trinajstić information content (AvgIpc) is 2.21. The Hall–Kier alpha value is -1.05. The van der Waals surface area contributed by atoms with Crippen LogP contribution in [0.5, 0.6) is 0 Å². The molecular formula is C10H10BrF2NO3. The fourth-order valence-electron chi connectivity index (χ4n) is 1.29. The van der Waals surface area contributed by atoms with Crippen LogP contribution in [0.15, 0.2) is 16.6 Å². The Labute approximate surface area is 104 Å². The monoisotopic (exact) mass is 309 g/mol. The number of aliphatic hydroxyl groups excluding tert-OH is 2. The quantitative estimate of drug-likeness (QED) is 0.725. The number of hydrogen-bond acceptors (Lipinski definition) is 3. The maximum atomic E-state index is 13.4. The van der Waals surface area contributed by atoms with Crippen molar-refractivity contribution >= 4 is 21.8 Å². The second-order valence-electron chi connectivity index (χ2n) is 3.47. The van der Waals surface area contributed by atoms with Crippen LogP contribution in [0.25, 0.3) is 0 Å². The smallest absolute Gasteiger partial charge is 0.220 e. The van der Waals surface area contributed by atoms with Gasteiger partial charge in [0.05, 0.1) is 17.0 Å². The van der Waals surface area contributed by atoms with Gasteiger partial charge in [0.2, 0.25) is 5.91 Å². The van der Waals surface area contributed by atoms with E-state index in [9.17, 15) is 23.8 Å². The summed E-state index contributed by atoms with van der Waals surface area (Å²) in [7, 11) is 0. The molecule has 0 aromatic heterocycles. The van der Waals surface area contributed by atoms with Crippen LogP contribution in [-0.2, 0) is 4.79 Å². The van der Waals surface area contributed by atoms with Gasteiger partial charge in [-0.2, -0.15) is 0 Å². The molecule has 1 rings (SSSR count). The van der Waals surface area contributed by atoms with Crippen LogP contribution in [-0.4, -0.2) is 22.2 Å². The summed E-state index contributed by atoms with van der Waals surface area (Å²) in [5, 5.41) is 18.9. The van der Waals surface area contributed by atoms with Crippen LogP contribution in [0, 0.1) is 11.6 Å². The molecule has 0 aliphatic heterocycles. The normalized spacial score (nSPS) is 14.4. The maximum Gasteiger partial charge on any atom is 0.220 e. The lowest BCUT2D eigenvalue weighted by molar-refractivity contribution is -0.121. The molecule has 0 spiro atoms. The molecule has 0 saturated heterocycles. The van der Waals surface area contributed by atoms with Crippen LogP contribution < -0.4 is 5.73 Å². The number of benzene rings is 1. The molecule has 0 fully saturated rings. The third kappa shape index (κ3) is 3.45. The fraction of sp³-hybridized carbons (Fsp3) is 0.300. The molecule has 4 N–H and O–H groups in total. The first-order chi connectivity index (χ1) is 7.82. The number of halogens is 3. The summed E-state index contributed by atoms with van der Waals surface area (Å²) in [6.45, 7) is 0. The number of rotatable bonds is 4. The Morgan fingerprint density at radius 3 is 2.47 bits per heavy atom. The lowest BCUT2D eigenvalue weighted by Crippen LogP contribution is -2.26. The lowest BCUT2D eigenvalue weighted by Gasteiger charge is -2.17. The van der Waals surface area contributed by atoms with E-state index < -0.39 is 41.7 Å². The molecule has 1 aromatic carbocycles. The van der Waals surface area contributed by atoms with Crippen molar-refractivity contribution < 1.29 is 23.8 Å². The van der Waals surface area contributed by atoms with E-state index >= 15 is 0 Å². The summed E-state index contributed by atoms with van der Waals surface area (Å²) >= 11 is 2.77. The van der Waals surface area contributed by atoms with Crippen molar-refractivity contribution in [1.29, 1.82) is 0 Å². The zero-order valence-corrected chi connectivity index (χ0v) is 10.1. The number of hydrogen-bond donors (Lipinski definition) is 3. The summed E-state index contributed by atoms with van der Waals surface area (Å²) in [4.78, 5) is 10.5. The molecule has 0 bridgehead atoms. The number of carbonyl (C=O) groups is 1. The number of aliphatic hydroxyl groups is 2. The van der Waals surface area contributed by atoms with E-state index in [1.165, 1.54) is 0 Å². The predicted octanol–water partition coefficient (Wildman–Crippen LogP) is 0.997. The van der Waals surface area contributed by atoms with E-state index in [1.807, 2.05) is 0 Å². The molecule has 2 atom stereocenters. The van der Waals surface area contributed by atoms with E-state index in [0.29, 0.717) is 0 Å². The van der Waals surface area contributed by atoms with Crippen molar-refractivity contribution in [3.8, 4) is 0 Å². The molecule has 0 aliphatic carbocycles. The van der Waals surface area contributed by atoms with Crippen molar-refractivity contribution in [2.45, 2.75) is 18.6 Å². The third-order valence-corrected chi connectivity index (χ3v) is 2.74. The van der Waals surface area contributed by atoms with Crippen molar-refractivity contribution in [3.63, 3.8) is 0 Å². The van der Waals surface area contributed by atoms with Gasteiger partial charge in [-0.1, -0.05) is 0 Å². The first-order valence-electron chi connectivity index (χ1n) is 4.61. The van der Waals surface area contributed by atoms with E-state index in [2.05, 4.69) is 15.9 Å². The molecule has 17 heavy (non-hydrogen) atoms. The Morgan fingerprint density at radius 2 is 1.94 bits per heavy atom. The summed E-state index contributed by atoms with van der Waals surface area (Å²) < 4.78 is 26.4. The molecule has 1 amide bonds. The standard InChI is InChI=1S/C10H10BrF2NO3/c11-5-2-6(12)4(1-7(5)13)10(17)8(15)3-9(14)16/h1-2,8,10,15,17H,3H2,(H2,14,16). The Balaban J connectivity index is 2.99. The van der Waals surface area contributed by atoms with Gasteiger partial charge < -0.3 is 15.9 Å². The van der Waals surface area contributed by atoms with Gasteiger partial charge in [-0.3, -0.25) is 4.79 Å². The first-order valence-corrected chi connectivity index (χ1v) is 5.41. The van der Waals surface area contributed by atoms with Gasteiger partial charge in [0.15, 0.2) is 0 Å². The highest BCUT2D eigenvalue weighted by Gasteiger charge is 2.24. The van der Waals surface area contributed by atoms with Gasteiger partial charge in [0, 0.05) is 5.56 Å². The van der Waals surface area contributed by atoms with Gasteiger partial charge in [-0.05, 0) is 28.1 Å². The summed E-state index contributed by atoms with van der Waals surface area (Å²) in [5.74, 6) is -2.53. The predicted molar refractivity (Wildman–Crippen MR) is 58.8 cm³/mol. The number of amides is 1. The fourth-order valence-corrected chi connectivity index (χ4v) is 1.61. The molecule has 94 valence electrons. The minimum atomic E-state index is -1.72. The number of primary amides is 1. The van der Waals surface area contributed by atoms with E-state index in [4.69, 9.17) is 5.73 Å². The van der Waals surface area contributed by atoms with E-state index in [-0.39, 0.29) is 4.47 Å². The van der Waals surface area contributed by atoms with Crippen LogP contribution in [0.4, 0.5) is 8.78 Å². The van der Waals surface area contributed by atoms with Crippen LogP contribution >= 0.6 is 15.9 Å². The lowest BCUT2D eigenvalue weighted by atomic mass is 10.0. The molecule has 7 heteroatoms. The van der Waals surface area contributed by atoms with Crippen molar-refractivity contribution in [3.05, 3.63) is 33.8 Å². The summed E-state index contributed by atoms with van der Waals surface area (Å²) in [6, 6.07) is 1.57. The van der Waals surface area contributed by atoms with Crippen LogP contribution in [0.2, 0.25) is 0 Å². The van der Waals surface area contributed by atoms with Gasteiger partial charge >= 0.3 is 0 Å². The third-order valence-electron chi connectivity index (χ3n) is 2.13. The molecule has 0 heterocycles. The number of carbonyl (C=O) groups excluding carboxylic acids is 1. The molecular weight excluding hydrogens is 300 g/mol. The van der Waals surface area contributed by atoms with Gasteiger partial charge in [0.1, 0.15) is 17.7 Å². The van der Waals surface area contributed by atoms with E-state index in [0.717, 1.165) is 12.1 Å². The second kappa shape index (κ2) is 5.52. The van der Waals surface area contributed by atoms with Crippen molar-refractivity contribution in [2.75, 3.05) is 0 Å². The minimum absolute atomic E-state index is 0.102. The summed E-state index contributed by atoms with van der Waals surface area (Å²) in [6.07, 6.45) is -3.84. The molecule has 4 nitrogen and oxygen atoms in total. The zero-order valence-electron chi connectivity index (χ0n) is 8.53. The highest BCUT2D eigenvalue weighted by Crippen LogP contribution is 2.26. The first kappa shape index (κ1) is 14.0. The average molecular weight is 310 g/mol. The van der Waals surface area contributed by atoms with Crippen LogP contribution in [0.1, 0.15) is 18.1 Å². The van der Waals surface area contributed by atoms with Crippen molar-refractivity contribution in [2.24, 2.45) is 5.73 Å². The highest BCUT2D eigenvalue weighted by molar-refractivity contribution is 9.10. The second-order valence-corrected chi connectivity index (χ2v) is 4.32. The molecule has 2 unspecified atom stereocenters. The molecule has 0 saturated carbocycles. The Kier molecular flexibility index (Phi) is 4.55. The zero-order chi connectivity index (χ0) is 13.2. The van der Waals surface area contributed by atoms with Crippen molar-refractivity contribution in [1.82, 2.24) is 0 Å². The molecule has 1 aromatic rings. The topological polar surface area (TPSA) is 83.6 Å². The Morgan fingerprint density at radius 1 is 1.35 bits per heavy atom. The van der Waals surface area contributed by atoms with Gasteiger partial charge in [0.25, 0.3) is 0 Å². The SMILES string of the molecule is NC(=O)CC(O)C(O)c1cc(F)c(Br)cc1F. The van der Waals surface area contributed by atoms with Gasteiger partial charge in [-0.15, -0.1) is 0 Å². The van der Waals surface area contributed by atoms with E-state index in [1.54, 1.807) is 0 Å². The number of nitrogens with two attached hydrogens (primary N) is 1. The largest absolute Gasteiger partial charge is 0.390 e.